The summed E-state index contributed by atoms with van der Waals surface area (Å²) in [5.74, 6) is -0.813. The molecule has 250 valence electrons. The number of rotatable bonds is 5. The zero-order valence-corrected chi connectivity index (χ0v) is 27.8. The van der Waals surface area contributed by atoms with Crippen LogP contribution in [0.1, 0.15) is 33.4 Å². The molecule has 0 radical (unpaired) electrons. The summed E-state index contributed by atoms with van der Waals surface area (Å²) in [5.41, 5.74) is 3.40. The smallest absolute Gasteiger partial charge is 0.239 e. The maximum absolute atomic E-state index is 16.2. The normalized spacial score (nSPS) is 25.3. The molecule has 0 spiro atoms. The second kappa shape index (κ2) is 10.4. The van der Waals surface area contributed by atoms with E-state index in [4.69, 9.17) is 18.9 Å². The molecule has 2 aliphatic carbocycles. The van der Waals surface area contributed by atoms with Gasteiger partial charge in [-0.15, -0.1) is 0 Å². The Morgan fingerprint density at radius 1 is 0.529 bits per heavy atom. The van der Waals surface area contributed by atoms with E-state index < -0.39 is 34.5 Å². The molecule has 3 heterocycles. The first-order valence-electron chi connectivity index (χ1n) is 17.0. The fraction of sp³-hybridized carbons (Fsp3) is 0.186. The summed E-state index contributed by atoms with van der Waals surface area (Å²) in [6.07, 6.45) is 0. The zero-order chi connectivity index (χ0) is 34.6. The third-order valence-corrected chi connectivity index (χ3v) is 11.5. The highest BCUT2D eigenvalue weighted by Crippen LogP contribution is 2.74. The van der Waals surface area contributed by atoms with Crippen LogP contribution in [0.5, 0.6) is 23.0 Å². The van der Waals surface area contributed by atoms with Crippen molar-refractivity contribution in [2.45, 2.75) is 24.7 Å². The van der Waals surface area contributed by atoms with Crippen molar-refractivity contribution in [3.8, 4) is 23.0 Å². The fourth-order valence-electron chi connectivity index (χ4n) is 9.35. The molecule has 5 aromatic carbocycles. The van der Waals surface area contributed by atoms with Gasteiger partial charge in [0.1, 0.15) is 0 Å². The van der Waals surface area contributed by atoms with Gasteiger partial charge in [-0.05, 0) is 94.8 Å². The Hall–Kier alpha value is -6.15. The zero-order valence-electron chi connectivity index (χ0n) is 27.8. The lowest BCUT2D eigenvalue weighted by atomic mass is 9.59. The molecule has 2 amide bonds. The summed E-state index contributed by atoms with van der Waals surface area (Å²) in [6.45, 7) is 4.11. The van der Waals surface area contributed by atoms with Crippen molar-refractivity contribution < 1.29 is 33.3 Å². The van der Waals surface area contributed by atoms with Gasteiger partial charge in [0.2, 0.25) is 25.4 Å². The monoisotopic (exact) mass is 673 g/mol. The number of anilines is 1. The number of aryl methyl sites for hydroxylation is 2. The van der Waals surface area contributed by atoms with Crippen LogP contribution >= 0.6 is 0 Å². The first-order valence-corrected chi connectivity index (χ1v) is 17.0. The molecular weight excluding hydrogens is 642 g/mol. The Labute approximate surface area is 293 Å². The van der Waals surface area contributed by atoms with E-state index in [1.807, 2.05) is 129 Å². The number of imide groups is 1. The highest BCUT2D eigenvalue weighted by atomic mass is 16.7. The van der Waals surface area contributed by atoms with Crippen molar-refractivity contribution in [3.05, 3.63) is 149 Å². The number of nitrogens with zero attached hydrogens (tertiary/aromatic N) is 1. The van der Waals surface area contributed by atoms with Gasteiger partial charge in [0.05, 0.1) is 28.4 Å². The highest BCUT2D eigenvalue weighted by Gasteiger charge is 2.82. The van der Waals surface area contributed by atoms with Crippen molar-refractivity contribution >= 4 is 34.4 Å². The van der Waals surface area contributed by atoms with Gasteiger partial charge in [-0.1, -0.05) is 78.9 Å². The maximum Gasteiger partial charge on any atom is 0.239 e. The number of ether oxygens (including phenoxy) is 4. The predicted molar refractivity (Wildman–Crippen MR) is 189 cm³/mol. The largest absolute Gasteiger partial charge is 0.454 e. The van der Waals surface area contributed by atoms with E-state index in [9.17, 15) is 0 Å². The minimum absolute atomic E-state index is 0.0756. The average Bonchev–Trinajstić information content (AvgIpc) is 3.96. The number of Topliss-reactive ketones (excluding diaryl/α,β-unsaturated/α-hetero) is 1. The van der Waals surface area contributed by atoms with E-state index >= 15 is 14.4 Å². The second-order valence-corrected chi connectivity index (χ2v) is 13.8. The number of hydrogen-bond acceptors (Lipinski definition) is 7. The molecular formula is C43H31NO7. The van der Waals surface area contributed by atoms with Crippen LogP contribution in [-0.4, -0.2) is 31.2 Å². The maximum atomic E-state index is 16.2. The summed E-state index contributed by atoms with van der Waals surface area (Å²) < 4.78 is 23.2. The van der Waals surface area contributed by atoms with Gasteiger partial charge in [-0.3, -0.25) is 14.4 Å². The molecule has 10 rings (SSSR count). The summed E-state index contributed by atoms with van der Waals surface area (Å²) in [6, 6.07) is 35.9. The number of benzene rings is 5. The van der Waals surface area contributed by atoms with E-state index in [-0.39, 0.29) is 19.4 Å². The van der Waals surface area contributed by atoms with Crippen molar-refractivity contribution in [2.75, 3.05) is 18.5 Å². The molecule has 1 saturated carbocycles. The van der Waals surface area contributed by atoms with Crippen LogP contribution in [0.4, 0.5) is 5.69 Å². The summed E-state index contributed by atoms with van der Waals surface area (Å²) >= 11 is 0. The van der Waals surface area contributed by atoms with Gasteiger partial charge < -0.3 is 18.9 Å². The number of hydrogen-bond donors (Lipinski definition) is 0. The minimum atomic E-state index is -1.55. The van der Waals surface area contributed by atoms with Crippen molar-refractivity contribution in [3.63, 3.8) is 0 Å². The van der Waals surface area contributed by atoms with Gasteiger partial charge >= 0.3 is 0 Å². The van der Waals surface area contributed by atoms with E-state index in [0.717, 1.165) is 11.1 Å². The van der Waals surface area contributed by atoms with Crippen LogP contribution < -0.4 is 23.8 Å². The first-order chi connectivity index (χ1) is 24.9. The van der Waals surface area contributed by atoms with Gasteiger partial charge in [0.25, 0.3) is 0 Å². The Bertz CT molecular complexity index is 2250. The Kier molecular flexibility index (Phi) is 6.08. The van der Waals surface area contributed by atoms with Gasteiger partial charge in [0, 0.05) is 0 Å². The van der Waals surface area contributed by atoms with Crippen molar-refractivity contribution in [2.24, 2.45) is 11.8 Å². The Balaban J connectivity index is 1.36. The molecule has 5 aromatic rings. The summed E-state index contributed by atoms with van der Waals surface area (Å²) in [4.78, 5) is 48.1. The third-order valence-electron chi connectivity index (χ3n) is 11.5. The summed E-state index contributed by atoms with van der Waals surface area (Å²) in [5, 5.41) is 0. The lowest BCUT2D eigenvalue weighted by Gasteiger charge is -2.39. The minimum Gasteiger partial charge on any atom is -0.454 e. The molecule has 51 heavy (non-hydrogen) atoms. The highest BCUT2D eigenvalue weighted by molar-refractivity contribution is 6.39. The molecule has 0 N–H and O–H groups in total. The fourth-order valence-corrected chi connectivity index (χ4v) is 9.35. The van der Waals surface area contributed by atoms with E-state index in [2.05, 4.69) is 0 Å². The van der Waals surface area contributed by atoms with Crippen LogP contribution in [0.15, 0.2) is 115 Å². The molecule has 0 aromatic heterocycles. The summed E-state index contributed by atoms with van der Waals surface area (Å²) in [7, 11) is 0. The van der Waals surface area contributed by atoms with Gasteiger partial charge in [0.15, 0.2) is 28.8 Å². The molecule has 8 nitrogen and oxygen atoms in total. The lowest BCUT2D eigenvalue weighted by Crippen LogP contribution is -2.45. The van der Waals surface area contributed by atoms with Crippen LogP contribution in [0.2, 0.25) is 0 Å². The van der Waals surface area contributed by atoms with Gasteiger partial charge in [-0.25, -0.2) is 4.90 Å². The molecule has 4 atom stereocenters. The Morgan fingerprint density at radius 2 is 1.00 bits per heavy atom. The quantitative estimate of drug-likeness (QED) is 0.187. The molecule has 1 saturated heterocycles. The average molecular weight is 674 g/mol. The number of allylic oxidation sites excluding steroid dienone is 2. The van der Waals surface area contributed by atoms with E-state index in [1.165, 1.54) is 4.90 Å². The number of fused-ring (bicyclic) bond motifs is 7. The number of carbonyl (C=O) groups excluding carboxylic acids is 3. The SMILES string of the molecule is Cc1ccc(N2C(=O)[C@H]3[C@H](C2=O)[C@@]2(c4ccccc4)C(=O)[C@@]3(c3ccccc3)C(c3ccc4c(c3)OCO4)=C2c2ccc3c(c2)OCO3)cc1C. The van der Waals surface area contributed by atoms with E-state index in [1.54, 1.807) is 0 Å². The molecule has 5 aliphatic rings. The van der Waals surface area contributed by atoms with E-state index in [0.29, 0.717) is 62.1 Å². The topological polar surface area (TPSA) is 91.4 Å². The lowest BCUT2D eigenvalue weighted by molar-refractivity contribution is -0.130. The first kappa shape index (κ1) is 29.7. The van der Waals surface area contributed by atoms with Gasteiger partial charge in [-0.2, -0.15) is 0 Å². The van der Waals surface area contributed by atoms with Crippen molar-refractivity contribution in [1.82, 2.24) is 0 Å². The second-order valence-electron chi connectivity index (χ2n) is 13.8. The molecule has 2 bridgehead atoms. The molecule has 8 heteroatoms. The standard InChI is InChI=1S/C43H31NO7/c1-24-13-16-30(19-25(24)2)44-39(45)37-38(40(44)46)43(29-11-7-4-8-12-29)36(27-15-18-32-34(21-27)51-23-49-32)35(26-14-17-31-33(20-26)50-22-48-31)42(37,41(43)47)28-9-5-3-6-10-28/h3-21,37-38H,22-23H2,1-2H3/t37-,38-,42+,43+/m1/s1. The van der Waals surface area contributed by atoms with Crippen LogP contribution in [0.3, 0.4) is 0 Å². The number of carbonyl (C=O) groups is 3. The van der Waals surface area contributed by atoms with Crippen LogP contribution in [0.25, 0.3) is 11.1 Å². The van der Waals surface area contributed by atoms with Crippen LogP contribution in [-0.2, 0) is 25.2 Å². The number of amides is 2. The van der Waals surface area contributed by atoms with Crippen LogP contribution in [0, 0.1) is 25.7 Å². The Morgan fingerprint density at radius 3 is 1.47 bits per heavy atom. The molecule has 0 unspecified atom stereocenters. The number of ketones is 1. The predicted octanol–water partition coefficient (Wildman–Crippen LogP) is 6.95. The molecule has 2 fully saturated rings. The van der Waals surface area contributed by atoms with Crippen molar-refractivity contribution in [1.29, 1.82) is 0 Å². The third kappa shape index (κ3) is 3.66. The molecule has 3 aliphatic heterocycles.